The highest BCUT2D eigenvalue weighted by molar-refractivity contribution is 6.37. The third-order valence-electron chi connectivity index (χ3n) is 3.00. The number of para-hydroxylation sites is 1. The van der Waals surface area contributed by atoms with Gasteiger partial charge in [0.25, 0.3) is 0 Å². The molecule has 0 aromatic heterocycles. The molecule has 134 valence electrons. The number of halogens is 5. The quantitative estimate of drug-likeness (QED) is 0.754. The van der Waals surface area contributed by atoms with Crippen molar-refractivity contribution < 1.29 is 32.5 Å². The number of carboxylic acid groups (broad SMARTS) is 1. The molecule has 9 heteroatoms. The Morgan fingerprint density at radius 1 is 1.12 bits per heavy atom. The van der Waals surface area contributed by atoms with Gasteiger partial charge in [0.1, 0.15) is 12.4 Å². The van der Waals surface area contributed by atoms with Crippen molar-refractivity contribution in [1.82, 2.24) is 0 Å². The number of carbonyl (C=O) groups is 1. The lowest BCUT2D eigenvalue weighted by molar-refractivity contribution is -0.146. The highest BCUT2D eigenvalue weighted by atomic mass is 35.5. The van der Waals surface area contributed by atoms with Gasteiger partial charge in [0, 0.05) is 0 Å². The second-order valence-electron chi connectivity index (χ2n) is 4.84. The van der Waals surface area contributed by atoms with E-state index in [0.29, 0.717) is 17.9 Å². The lowest BCUT2D eigenvalue weighted by atomic mass is 10.2. The molecule has 2 rings (SSSR count). The fourth-order valence-corrected chi connectivity index (χ4v) is 2.44. The zero-order valence-corrected chi connectivity index (χ0v) is 13.9. The molecule has 1 N–H and O–H groups in total. The maximum atomic E-state index is 12.7. The summed E-state index contributed by atoms with van der Waals surface area (Å²) < 4.78 is 48.5. The topological polar surface area (TPSA) is 55.8 Å². The van der Waals surface area contributed by atoms with Crippen LogP contribution in [0.15, 0.2) is 42.5 Å². The number of rotatable bonds is 6. The fraction of sp³-hybridized carbons (Fsp3) is 0.188. The molecule has 1 unspecified atom stereocenters. The van der Waals surface area contributed by atoms with Crippen LogP contribution in [0.5, 0.6) is 11.5 Å². The molecule has 0 fully saturated rings. The molecule has 4 nitrogen and oxygen atoms in total. The molecule has 2 aromatic carbocycles. The molecule has 1 atom stereocenters. The van der Waals surface area contributed by atoms with Gasteiger partial charge in [-0.25, -0.2) is 4.79 Å². The van der Waals surface area contributed by atoms with Crippen LogP contribution in [0.25, 0.3) is 0 Å². The Labute approximate surface area is 150 Å². The summed E-state index contributed by atoms with van der Waals surface area (Å²) in [4.78, 5) is 11.3. The summed E-state index contributed by atoms with van der Waals surface area (Å²) >= 11 is 11.5. The van der Waals surface area contributed by atoms with Crippen molar-refractivity contribution in [3.05, 3.63) is 58.1 Å². The normalized spacial score (nSPS) is 12.5. The van der Waals surface area contributed by atoms with E-state index < -0.39 is 30.4 Å². The van der Waals surface area contributed by atoms with Gasteiger partial charge in [-0.2, -0.15) is 13.2 Å². The Balaban J connectivity index is 2.14. The van der Waals surface area contributed by atoms with Gasteiger partial charge in [-0.05, 0) is 24.3 Å². The van der Waals surface area contributed by atoms with Crippen LogP contribution in [0.2, 0.25) is 10.0 Å². The SMILES string of the molecule is O=C(O)C(COc1c(Cl)cc(C(F)(F)F)cc1Cl)Oc1ccccc1. The van der Waals surface area contributed by atoms with Crippen molar-refractivity contribution >= 4 is 29.2 Å². The smallest absolute Gasteiger partial charge is 0.416 e. The van der Waals surface area contributed by atoms with Crippen molar-refractivity contribution in [3.63, 3.8) is 0 Å². The number of aliphatic carboxylic acids is 1. The van der Waals surface area contributed by atoms with Gasteiger partial charge < -0.3 is 14.6 Å². The van der Waals surface area contributed by atoms with Crippen molar-refractivity contribution in [3.8, 4) is 11.5 Å². The number of hydrogen-bond acceptors (Lipinski definition) is 3. The van der Waals surface area contributed by atoms with Crippen molar-refractivity contribution in [2.75, 3.05) is 6.61 Å². The largest absolute Gasteiger partial charge is 0.486 e. The average Bonchev–Trinajstić information content (AvgIpc) is 2.52. The van der Waals surface area contributed by atoms with Gasteiger partial charge >= 0.3 is 12.1 Å². The molecule has 0 aliphatic carbocycles. The van der Waals surface area contributed by atoms with E-state index in [-0.39, 0.29) is 15.8 Å². The first-order valence-corrected chi connectivity index (χ1v) is 7.57. The van der Waals surface area contributed by atoms with Crippen molar-refractivity contribution in [2.24, 2.45) is 0 Å². The standard InChI is InChI=1S/C16H11Cl2F3O4/c17-11-6-9(16(19,20)21)7-12(18)14(11)24-8-13(15(22)23)25-10-4-2-1-3-5-10/h1-7,13H,8H2,(H,22,23). The predicted molar refractivity (Wildman–Crippen MR) is 85.5 cm³/mol. The third-order valence-corrected chi connectivity index (χ3v) is 3.56. The molecule has 2 aromatic rings. The summed E-state index contributed by atoms with van der Waals surface area (Å²) in [6.07, 6.45) is -6.02. The fourth-order valence-electron chi connectivity index (χ4n) is 1.84. The van der Waals surface area contributed by atoms with Gasteiger partial charge in [-0.15, -0.1) is 0 Å². The van der Waals surface area contributed by atoms with E-state index >= 15 is 0 Å². The lowest BCUT2D eigenvalue weighted by Gasteiger charge is -2.18. The molecule has 0 bridgehead atoms. The minimum absolute atomic E-state index is 0.251. The summed E-state index contributed by atoms with van der Waals surface area (Å²) in [5, 5.41) is 8.41. The molecular formula is C16H11Cl2F3O4. The van der Waals surface area contributed by atoms with Crippen molar-refractivity contribution in [2.45, 2.75) is 12.3 Å². The molecule has 0 radical (unpaired) electrons. The minimum Gasteiger partial charge on any atom is -0.486 e. The number of carboxylic acids is 1. The van der Waals surface area contributed by atoms with Crippen LogP contribution in [-0.2, 0) is 11.0 Å². The average molecular weight is 395 g/mol. The van der Waals surface area contributed by atoms with Gasteiger partial charge in [0.2, 0.25) is 6.10 Å². The zero-order chi connectivity index (χ0) is 18.6. The number of hydrogen-bond donors (Lipinski definition) is 1. The summed E-state index contributed by atoms with van der Waals surface area (Å²) in [6, 6.07) is 9.42. The maximum absolute atomic E-state index is 12.7. The number of ether oxygens (including phenoxy) is 2. The van der Waals surface area contributed by atoms with Gasteiger partial charge in [-0.3, -0.25) is 0 Å². The Morgan fingerprint density at radius 3 is 2.16 bits per heavy atom. The molecule has 0 saturated heterocycles. The second kappa shape index (κ2) is 7.84. The van der Waals surface area contributed by atoms with E-state index in [1.807, 2.05) is 0 Å². The van der Waals surface area contributed by atoms with E-state index in [0.717, 1.165) is 0 Å². The molecular weight excluding hydrogens is 384 g/mol. The summed E-state index contributed by atoms with van der Waals surface area (Å²) in [6.45, 7) is -0.505. The van der Waals surface area contributed by atoms with Crippen LogP contribution >= 0.6 is 23.2 Å². The molecule has 25 heavy (non-hydrogen) atoms. The zero-order valence-electron chi connectivity index (χ0n) is 12.4. The Morgan fingerprint density at radius 2 is 1.68 bits per heavy atom. The summed E-state index contributed by atoms with van der Waals surface area (Å²) in [5.41, 5.74) is -1.04. The third kappa shape index (κ3) is 5.17. The van der Waals surface area contributed by atoms with Crippen LogP contribution in [0.1, 0.15) is 5.56 Å². The van der Waals surface area contributed by atoms with Crippen LogP contribution in [-0.4, -0.2) is 23.8 Å². The van der Waals surface area contributed by atoms with Crippen LogP contribution in [0.4, 0.5) is 13.2 Å². The Bertz CT molecular complexity index is 728. The Hall–Kier alpha value is -2.12. The van der Waals surface area contributed by atoms with Gasteiger partial charge in [-0.1, -0.05) is 41.4 Å². The minimum atomic E-state index is -4.62. The Kier molecular flexibility index (Phi) is 6.02. The first-order chi connectivity index (χ1) is 11.7. The highest BCUT2D eigenvalue weighted by Gasteiger charge is 2.32. The van der Waals surface area contributed by atoms with Crippen LogP contribution in [0, 0.1) is 0 Å². The van der Waals surface area contributed by atoms with E-state index in [1.165, 1.54) is 0 Å². The molecule has 0 spiro atoms. The molecule has 0 amide bonds. The van der Waals surface area contributed by atoms with E-state index in [4.69, 9.17) is 32.7 Å². The van der Waals surface area contributed by atoms with Gasteiger partial charge in [0.05, 0.1) is 15.6 Å². The number of alkyl halides is 3. The second-order valence-corrected chi connectivity index (χ2v) is 5.65. The van der Waals surface area contributed by atoms with E-state index in [9.17, 15) is 23.1 Å². The molecule has 0 saturated carbocycles. The first-order valence-electron chi connectivity index (χ1n) is 6.82. The van der Waals surface area contributed by atoms with E-state index in [2.05, 4.69) is 0 Å². The molecule has 0 aliphatic rings. The molecule has 0 aliphatic heterocycles. The van der Waals surface area contributed by atoms with Crippen LogP contribution < -0.4 is 9.47 Å². The predicted octanol–water partition coefficient (Wildman–Crippen LogP) is 4.92. The maximum Gasteiger partial charge on any atom is 0.416 e. The number of benzene rings is 2. The highest BCUT2D eigenvalue weighted by Crippen LogP contribution is 2.39. The van der Waals surface area contributed by atoms with E-state index in [1.54, 1.807) is 30.3 Å². The van der Waals surface area contributed by atoms with Crippen molar-refractivity contribution in [1.29, 1.82) is 0 Å². The summed E-state index contributed by atoms with van der Waals surface area (Å²) in [7, 11) is 0. The lowest BCUT2D eigenvalue weighted by Crippen LogP contribution is -2.33. The van der Waals surface area contributed by atoms with Gasteiger partial charge in [0.15, 0.2) is 5.75 Å². The first kappa shape index (κ1) is 19.2. The summed E-state index contributed by atoms with van der Waals surface area (Å²) in [5.74, 6) is -1.27. The van der Waals surface area contributed by atoms with Crippen LogP contribution in [0.3, 0.4) is 0 Å². The monoisotopic (exact) mass is 394 g/mol. The molecule has 0 heterocycles.